The van der Waals surface area contributed by atoms with Crippen LogP contribution >= 0.6 is 0 Å². The van der Waals surface area contributed by atoms with Gasteiger partial charge in [0.1, 0.15) is 0 Å². The van der Waals surface area contributed by atoms with Gasteiger partial charge in [-0.1, -0.05) is 114 Å². The molecule has 0 heterocycles. The molecule has 0 atom stereocenters. The van der Waals surface area contributed by atoms with Crippen molar-refractivity contribution >= 4 is 29.0 Å². The molecule has 5 aromatic rings. The quantitative estimate of drug-likeness (QED) is 0.0892. The lowest BCUT2D eigenvalue weighted by Crippen LogP contribution is -2.18. The number of nitrogens with zero attached hydrogens (tertiary/aromatic N) is 1. The number of carbonyl (C=O) groups is 2. The van der Waals surface area contributed by atoms with E-state index in [0.29, 0.717) is 24.0 Å². The van der Waals surface area contributed by atoms with Crippen LogP contribution in [0.1, 0.15) is 82.2 Å². The Balaban J connectivity index is 1.23. The topological polar surface area (TPSA) is 55.8 Å². The number of benzene rings is 5. The second kappa shape index (κ2) is 14.9. The van der Waals surface area contributed by atoms with Gasteiger partial charge in [-0.05, 0) is 125 Å². The summed E-state index contributed by atoms with van der Waals surface area (Å²) in [7, 11) is 0. The van der Waals surface area contributed by atoms with Crippen LogP contribution in [0.4, 0.5) is 17.1 Å². The van der Waals surface area contributed by atoms with Crippen LogP contribution in [0.2, 0.25) is 0 Å². The van der Waals surface area contributed by atoms with Crippen molar-refractivity contribution in [3.05, 3.63) is 161 Å². The molecule has 0 saturated heterocycles. The smallest absolute Gasteiger partial charge is 0.333 e. The number of anilines is 3. The number of ether oxygens (including phenoxy) is 2. The Morgan fingerprint density at radius 1 is 0.564 bits per heavy atom. The zero-order chi connectivity index (χ0) is 39.1. The number of hydrogen-bond donors (Lipinski definition) is 0. The highest BCUT2D eigenvalue weighted by molar-refractivity contribution is 5.89. The summed E-state index contributed by atoms with van der Waals surface area (Å²) in [5, 5.41) is 0. The largest absolute Gasteiger partial charge is 0.462 e. The molecule has 55 heavy (non-hydrogen) atoms. The molecule has 5 nitrogen and oxygen atoms in total. The van der Waals surface area contributed by atoms with Crippen LogP contribution in [-0.4, -0.2) is 25.2 Å². The summed E-state index contributed by atoms with van der Waals surface area (Å²) in [6.07, 6.45) is 2.02. The highest BCUT2D eigenvalue weighted by Gasteiger charge is 2.37. The first-order valence-electron chi connectivity index (χ1n) is 19.3. The fourth-order valence-electron chi connectivity index (χ4n) is 8.46. The van der Waals surface area contributed by atoms with E-state index in [2.05, 4.69) is 155 Å². The molecule has 0 saturated carbocycles. The van der Waals surface area contributed by atoms with E-state index in [1.807, 2.05) is 0 Å². The van der Waals surface area contributed by atoms with Gasteiger partial charge in [0.2, 0.25) is 0 Å². The molecule has 0 N–H and O–H groups in total. The maximum Gasteiger partial charge on any atom is 0.333 e. The van der Waals surface area contributed by atoms with Crippen LogP contribution in [0, 0.1) is 5.92 Å². The molecule has 0 aromatic heterocycles. The van der Waals surface area contributed by atoms with Gasteiger partial charge in [-0.2, -0.15) is 0 Å². The molecule has 2 aliphatic rings. The molecule has 0 bridgehead atoms. The van der Waals surface area contributed by atoms with Crippen LogP contribution in [0.25, 0.3) is 22.3 Å². The van der Waals surface area contributed by atoms with Crippen molar-refractivity contribution in [1.29, 1.82) is 0 Å². The van der Waals surface area contributed by atoms with Gasteiger partial charge in [0, 0.05) is 39.0 Å². The second-order valence-corrected chi connectivity index (χ2v) is 16.3. The lowest BCUT2D eigenvalue weighted by atomic mass is 9.82. The summed E-state index contributed by atoms with van der Waals surface area (Å²) in [6, 6.07) is 40.2. The maximum atomic E-state index is 12.1. The van der Waals surface area contributed by atoms with Crippen LogP contribution in [-0.2, 0) is 36.3 Å². The summed E-state index contributed by atoms with van der Waals surface area (Å²) in [5.74, 6) is -0.664. The summed E-state index contributed by atoms with van der Waals surface area (Å²) >= 11 is 0. The molecule has 0 aliphatic heterocycles. The molecular formula is C50H51NO4. The first-order chi connectivity index (χ1) is 26.3. The van der Waals surface area contributed by atoms with E-state index in [0.717, 1.165) is 29.0 Å². The van der Waals surface area contributed by atoms with E-state index in [-0.39, 0.29) is 30.0 Å². The Morgan fingerprint density at radius 2 is 0.964 bits per heavy atom. The summed E-state index contributed by atoms with van der Waals surface area (Å²) in [6.45, 7) is 20.5. The molecule has 7 rings (SSSR count). The number of hydrogen-bond acceptors (Lipinski definition) is 5. The van der Waals surface area contributed by atoms with E-state index >= 15 is 0 Å². The third-order valence-corrected chi connectivity index (χ3v) is 11.6. The molecule has 280 valence electrons. The predicted molar refractivity (Wildman–Crippen MR) is 224 cm³/mol. The second-order valence-electron chi connectivity index (χ2n) is 16.3. The fraction of sp³-hybridized carbons (Fsp3) is 0.280. The van der Waals surface area contributed by atoms with Gasteiger partial charge >= 0.3 is 11.9 Å². The highest BCUT2D eigenvalue weighted by atomic mass is 16.5. The molecule has 0 unspecified atom stereocenters. The van der Waals surface area contributed by atoms with Crippen molar-refractivity contribution < 1.29 is 19.1 Å². The van der Waals surface area contributed by atoms with Crippen molar-refractivity contribution in [2.75, 3.05) is 18.1 Å². The van der Waals surface area contributed by atoms with Gasteiger partial charge in [0.15, 0.2) is 0 Å². The van der Waals surface area contributed by atoms with Gasteiger partial charge in [0.05, 0.1) is 13.2 Å². The molecule has 5 heteroatoms. The third-order valence-electron chi connectivity index (χ3n) is 11.6. The Hall–Kier alpha value is -5.68. The minimum atomic E-state index is -0.394. The van der Waals surface area contributed by atoms with Gasteiger partial charge in [-0.3, -0.25) is 0 Å². The molecule has 0 spiro atoms. The first kappa shape index (κ1) is 37.6. The van der Waals surface area contributed by atoms with E-state index in [9.17, 15) is 9.59 Å². The number of esters is 2. The summed E-state index contributed by atoms with van der Waals surface area (Å²) < 4.78 is 10.9. The van der Waals surface area contributed by atoms with Crippen molar-refractivity contribution in [2.45, 2.75) is 71.6 Å². The van der Waals surface area contributed by atoms with E-state index < -0.39 is 11.9 Å². The minimum absolute atomic E-state index is 0.124. The Bertz CT molecular complexity index is 2170. The van der Waals surface area contributed by atoms with Crippen molar-refractivity contribution in [3.8, 4) is 22.3 Å². The van der Waals surface area contributed by atoms with Crippen LogP contribution in [0.5, 0.6) is 0 Å². The molecule has 2 aliphatic carbocycles. The van der Waals surface area contributed by atoms with Gasteiger partial charge < -0.3 is 14.4 Å². The zero-order valence-electron chi connectivity index (χ0n) is 33.0. The normalized spacial score (nSPS) is 14.0. The lowest BCUT2D eigenvalue weighted by Gasteiger charge is -2.30. The molecule has 0 fully saturated rings. The van der Waals surface area contributed by atoms with Crippen molar-refractivity contribution in [3.63, 3.8) is 0 Å². The molecule has 5 aromatic carbocycles. The molecule has 0 radical (unpaired) electrons. The Kier molecular flexibility index (Phi) is 10.2. The van der Waals surface area contributed by atoms with Crippen LogP contribution in [0.3, 0.4) is 0 Å². The van der Waals surface area contributed by atoms with Gasteiger partial charge in [0.25, 0.3) is 0 Å². The summed E-state index contributed by atoms with van der Waals surface area (Å²) in [5.41, 5.74) is 15.5. The lowest BCUT2D eigenvalue weighted by molar-refractivity contribution is -0.139. The average Bonchev–Trinajstić information content (AvgIpc) is 3.54. The van der Waals surface area contributed by atoms with Gasteiger partial charge in [-0.15, -0.1) is 0 Å². The maximum absolute atomic E-state index is 12.1. The number of fused-ring (bicyclic) bond motifs is 6. The monoisotopic (exact) mass is 729 g/mol. The summed E-state index contributed by atoms with van der Waals surface area (Å²) in [4.78, 5) is 26.6. The molecular weight excluding hydrogens is 679 g/mol. The highest BCUT2D eigenvalue weighted by Crippen LogP contribution is 2.53. The fourth-order valence-corrected chi connectivity index (χ4v) is 8.46. The third kappa shape index (κ3) is 7.16. The zero-order valence-corrected chi connectivity index (χ0v) is 33.0. The van der Waals surface area contributed by atoms with E-state index in [1.165, 1.54) is 44.5 Å². The SMILES string of the molecule is C=C(C)C(=O)OCCC(CCOC(=O)C(=C)C)Cc1ccc(N(c2ccc3c(c2)C(C)(C)c2ccccc2-3)c2ccc3c(c2)C(C)(C)c2ccccc2-3)cc1. The van der Waals surface area contributed by atoms with Crippen LogP contribution < -0.4 is 4.90 Å². The predicted octanol–water partition coefficient (Wildman–Crippen LogP) is 11.9. The molecule has 0 amide bonds. The van der Waals surface area contributed by atoms with Crippen molar-refractivity contribution in [1.82, 2.24) is 0 Å². The van der Waals surface area contributed by atoms with Gasteiger partial charge in [-0.25, -0.2) is 9.59 Å². The Morgan fingerprint density at radius 3 is 1.40 bits per heavy atom. The van der Waals surface area contributed by atoms with E-state index in [4.69, 9.17) is 9.47 Å². The van der Waals surface area contributed by atoms with Crippen molar-refractivity contribution in [2.24, 2.45) is 5.92 Å². The van der Waals surface area contributed by atoms with Crippen LogP contribution in [0.15, 0.2) is 133 Å². The standard InChI is InChI=1S/C50H51NO4/c1-32(2)47(52)54-27-25-35(26-28-55-48(53)33(3)4)29-34-17-19-36(20-18-34)51(37-21-23-41-39-13-9-11-15-43(39)49(5,6)45(41)30-37)38-22-24-42-40-14-10-12-16-44(40)50(7,8)46(42)31-38/h9-24,30-31,35H,1,3,25-29H2,2,4-8H3. The number of carbonyl (C=O) groups excluding carboxylic acids is 2. The van der Waals surface area contributed by atoms with E-state index in [1.54, 1.807) is 13.8 Å². The average molecular weight is 730 g/mol. The minimum Gasteiger partial charge on any atom is -0.462 e. The first-order valence-corrected chi connectivity index (χ1v) is 19.3. The Labute approximate surface area is 326 Å². The number of rotatable bonds is 13.